The summed E-state index contributed by atoms with van der Waals surface area (Å²) in [4.78, 5) is 38.7. The van der Waals surface area contributed by atoms with Gasteiger partial charge in [0, 0.05) is 18.8 Å². The highest BCUT2D eigenvalue weighted by atomic mass is 32.2. The summed E-state index contributed by atoms with van der Waals surface area (Å²) in [5.41, 5.74) is 1.57. The molecular weight excluding hydrogens is 580 g/mol. The van der Waals surface area contributed by atoms with Crippen molar-refractivity contribution in [2.24, 2.45) is 0 Å². The molecule has 2 aromatic heterocycles. The third-order valence-corrected chi connectivity index (χ3v) is 7.82. The number of ether oxygens (including phenoxy) is 3. The number of hydrogen-bond acceptors (Lipinski definition) is 9. The summed E-state index contributed by atoms with van der Waals surface area (Å²) in [6.07, 6.45) is 2.51. The first kappa shape index (κ1) is 30.7. The Hall–Kier alpha value is -3.70. The van der Waals surface area contributed by atoms with Crippen LogP contribution in [0.5, 0.6) is 0 Å². The van der Waals surface area contributed by atoms with Gasteiger partial charge in [0.05, 0.1) is 12.0 Å². The summed E-state index contributed by atoms with van der Waals surface area (Å²) in [5, 5.41) is 8.20. The molecular formula is C27H36N8O7S. The average Bonchev–Trinajstić information content (AvgIpc) is 3.62. The molecule has 16 heteroatoms. The second-order valence-electron chi connectivity index (χ2n) is 10.6. The molecule has 0 radical (unpaired) electrons. The third kappa shape index (κ3) is 6.62. The molecule has 2 aliphatic heterocycles. The summed E-state index contributed by atoms with van der Waals surface area (Å²) in [6.45, 7) is 8.26. The molecule has 232 valence electrons. The summed E-state index contributed by atoms with van der Waals surface area (Å²) in [6, 6.07) is 6.08. The number of nitrogens with one attached hydrogen (secondary N) is 3. The van der Waals surface area contributed by atoms with Gasteiger partial charge in [-0.25, -0.2) is 24.0 Å². The molecule has 1 unspecified atom stereocenters. The number of anilines is 3. The molecule has 4 heterocycles. The third-order valence-electron chi connectivity index (χ3n) is 7.05. The van der Waals surface area contributed by atoms with Crippen LogP contribution >= 0.6 is 0 Å². The molecule has 3 amide bonds. The molecule has 5 atom stereocenters. The van der Waals surface area contributed by atoms with E-state index in [1.54, 1.807) is 42.7 Å². The Bertz CT molecular complexity index is 1500. The van der Waals surface area contributed by atoms with Gasteiger partial charge in [-0.15, -0.1) is 0 Å². The Morgan fingerprint density at radius 1 is 1.12 bits per heavy atom. The smallest absolute Gasteiger partial charge is 0.324 e. The monoisotopic (exact) mass is 616 g/mol. The van der Waals surface area contributed by atoms with Gasteiger partial charge in [-0.2, -0.15) is 0 Å². The SMILES string of the molecule is CCCCCN(c1cccc(NC(=O)Nc2ncnc3c2ncn3[C@@H]2O[C@H](C(=O)NCC)[C@H]3OC(C)(C)O[C@H]32)c1)S(=O)O. The summed E-state index contributed by atoms with van der Waals surface area (Å²) in [5.74, 6) is -1.08. The van der Waals surface area contributed by atoms with E-state index < -0.39 is 47.6 Å². The maximum absolute atomic E-state index is 13.0. The molecule has 2 saturated heterocycles. The lowest BCUT2D eigenvalue weighted by molar-refractivity contribution is -0.197. The first-order valence-corrected chi connectivity index (χ1v) is 15.2. The molecule has 0 saturated carbocycles. The predicted octanol–water partition coefficient (Wildman–Crippen LogP) is 3.16. The summed E-state index contributed by atoms with van der Waals surface area (Å²) < 4.78 is 43.0. The van der Waals surface area contributed by atoms with Crippen LogP contribution in [-0.4, -0.2) is 77.4 Å². The van der Waals surface area contributed by atoms with Gasteiger partial charge in [-0.05, 0) is 45.4 Å². The van der Waals surface area contributed by atoms with Crippen LogP contribution in [0.25, 0.3) is 11.2 Å². The predicted molar refractivity (Wildman–Crippen MR) is 158 cm³/mol. The van der Waals surface area contributed by atoms with E-state index in [4.69, 9.17) is 14.2 Å². The fourth-order valence-electron chi connectivity index (χ4n) is 5.23. The van der Waals surface area contributed by atoms with E-state index >= 15 is 0 Å². The maximum atomic E-state index is 13.0. The number of benzene rings is 1. The minimum Gasteiger partial charge on any atom is -0.354 e. The Labute approximate surface area is 251 Å². The van der Waals surface area contributed by atoms with E-state index in [2.05, 4.69) is 37.8 Å². The van der Waals surface area contributed by atoms with Crippen LogP contribution in [0.1, 0.15) is 53.2 Å². The van der Waals surface area contributed by atoms with E-state index in [1.807, 2.05) is 6.92 Å². The highest BCUT2D eigenvalue weighted by Crippen LogP contribution is 2.44. The van der Waals surface area contributed by atoms with Gasteiger partial charge >= 0.3 is 6.03 Å². The maximum Gasteiger partial charge on any atom is 0.324 e. The number of rotatable bonds is 11. The van der Waals surface area contributed by atoms with E-state index in [-0.39, 0.29) is 11.7 Å². The van der Waals surface area contributed by atoms with Crippen molar-refractivity contribution in [3.05, 3.63) is 36.9 Å². The zero-order valence-electron chi connectivity index (χ0n) is 24.4. The molecule has 1 aromatic carbocycles. The number of nitrogens with zero attached hydrogens (tertiary/aromatic N) is 5. The lowest BCUT2D eigenvalue weighted by atomic mass is 10.1. The highest BCUT2D eigenvalue weighted by molar-refractivity contribution is 7.80. The Kier molecular flexibility index (Phi) is 9.22. The minimum absolute atomic E-state index is 0.147. The number of hydrogen-bond donors (Lipinski definition) is 4. The van der Waals surface area contributed by atoms with Crippen LogP contribution in [0.4, 0.5) is 22.0 Å². The summed E-state index contributed by atoms with van der Waals surface area (Å²) >= 11 is -2.21. The quantitative estimate of drug-likeness (QED) is 0.184. The van der Waals surface area contributed by atoms with Crippen molar-refractivity contribution in [2.75, 3.05) is 28.0 Å². The molecule has 5 rings (SSSR count). The second kappa shape index (κ2) is 12.9. The molecule has 3 aromatic rings. The number of urea groups is 1. The van der Waals surface area contributed by atoms with Crippen LogP contribution < -0.4 is 20.3 Å². The van der Waals surface area contributed by atoms with Gasteiger partial charge < -0.3 is 24.8 Å². The topological polar surface area (TPSA) is 182 Å². The summed E-state index contributed by atoms with van der Waals surface area (Å²) in [7, 11) is 0. The highest BCUT2D eigenvalue weighted by Gasteiger charge is 2.58. The lowest BCUT2D eigenvalue weighted by Gasteiger charge is -2.24. The molecule has 0 spiro atoms. The largest absolute Gasteiger partial charge is 0.354 e. The number of amides is 3. The number of imidazole rings is 1. The van der Waals surface area contributed by atoms with Crippen molar-refractivity contribution in [1.29, 1.82) is 0 Å². The second-order valence-corrected chi connectivity index (χ2v) is 11.5. The molecule has 0 bridgehead atoms. The van der Waals surface area contributed by atoms with Gasteiger partial charge in [-0.1, -0.05) is 25.8 Å². The normalized spacial score (nSPS) is 23.1. The van der Waals surface area contributed by atoms with E-state index in [9.17, 15) is 18.4 Å². The molecule has 4 N–H and O–H groups in total. The van der Waals surface area contributed by atoms with E-state index in [0.717, 1.165) is 19.3 Å². The standard InChI is InChI=1S/C27H36N8O7S/c1-5-7-8-12-35(43(38)39)17-11-9-10-16(13-17)32-26(37)33-22-18-23(30-14-29-22)34(15-31-18)25-21-19(41-27(3,4)42-21)20(40-25)24(36)28-6-2/h9-11,13-15,19-21,25H,5-8,12H2,1-4H3,(H,28,36)(H,38,39)(H2,29,30,32,33,37)/t19-,20+,21-,25-/m1/s1. The number of unbranched alkanes of at least 4 members (excludes halogenated alkanes) is 2. The number of carbonyl (C=O) groups is 2. The number of aromatic nitrogens is 4. The van der Waals surface area contributed by atoms with Gasteiger partial charge in [0.2, 0.25) is 0 Å². The van der Waals surface area contributed by atoms with Crippen LogP contribution in [0.2, 0.25) is 0 Å². The lowest BCUT2D eigenvalue weighted by Crippen LogP contribution is -2.42. The van der Waals surface area contributed by atoms with Crippen LogP contribution in [0, 0.1) is 0 Å². The minimum atomic E-state index is -2.21. The zero-order valence-corrected chi connectivity index (χ0v) is 25.2. The van der Waals surface area contributed by atoms with Crippen molar-refractivity contribution in [3.8, 4) is 0 Å². The zero-order chi connectivity index (χ0) is 30.7. The van der Waals surface area contributed by atoms with Crippen LogP contribution in [-0.2, 0) is 30.3 Å². The molecule has 2 aliphatic rings. The molecule has 15 nitrogen and oxygen atoms in total. The van der Waals surface area contributed by atoms with Crippen LogP contribution in [0.3, 0.4) is 0 Å². The average molecular weight is 617 g/mol. The van der Waals surface area contributed by atoms with Gasteiger partial charge in [0.15, 0.2) is 35.1 Å². The van der Waals surface area contributed by atoms with Gasteiger partial charge in [-0.3, -0.25) is 23.5 Å². The molecule has 43 heavy (non-hydrogen) atoms. The Morgan fingerprint density at radius 3 is 2.65 bits per heavy atom. The fourth-order valence-corrected chi connectivity index (χ4v) is 5.81. The number of fused-ring (bicyclic) bond motifs is 2. The van der Waals surface area contributed by atoms with Crippen molar-refractivity contribution in [1.82, 2.24) is 24.8 Å². The fraction of sp³-hybridized carbons (Fsp3) is 0.519. The van der Waals surface area contributed by atoms with Gasteiger partial charge in [0.25, 0.3) is 17.2 Å². The van der Waals surface area contributed by atoms with Crippen molar-refractivity contribution < 1.29 is 32.6 Å². The molecule has 0 aliphatic carbocycles. The first-order chi connectivity index (χ1) is 20.6. The Balaban J connectivity index is 1.33. The first-order valence-electron chi connectivity index (χ1n) is 14.1. The number of likely N-dealkylation sites (N-methyl/N-ethyl adjacent to an activating group) is 1. The number of carbonyl (C=O) groups excluding carboxylic acids is 2. The Morgan fingerprint density at radius 2 is 1.91 bits per heavy atom. The van der Waals surface area contributed by atoms with E-state index in [1.165, 1.54) is 17.0 Å². The molecule has 2 fully saturated rings. The van der Waals surface area contributed by atoms with Crippen molar-refractivity contribution >= 4 is 51.6 Å². The van der Waals surface area contributed by atoms with Crippen molar-refractivity contribution in [2.45, 2.75) is 77.3 Å². The van der Waals surface area contributed by atoms with E-state index in [0.29, 0.717) is 35.6 Å². The van der Waals surface area contributed by atoms with Crippen LogP contribution in [0.15, 0.2) is 36.9 Å². The van der Waals surface area contributed by atoms with Gasteiger partial charge in [0.1, 0.15) is 18.5 Å². The van der Waals surface area contributed by atoms with Crippen molar-refractivity contribution in [3.63, 3.8) is 0 Å².